The van der Waals surface area contributed by atoms with Crippen molar-refractivity contribution in [2.75, 3.05) is 13.2 Å². The fraction of sp³-hybridized carbons (Fsp3) is 0.250. The van der Waals surface area contributed by atoms with Crippen LogP contribution in [0, 0.1) is 6.92 Å². The van der Waals surface area contributed by atoms with Crippen LogP contribution in [0.5, 0.6) is 11.5 Å². The van der Waals surface area contributed by atoms with Crippen molar-refractivity contribution in [3.05, 3.63) is 53.9 Å². The summed E-state index contributed by atoms with van der Waals surface area (Å²) in [5.41, 5.74) is 3.19. The first-order valence-corrected chi connectivity index (χ1v) is 8.30. The standard InChI is InChI=1S/C20H21NO4/c1-4-24-17-11-14(18(25-5-2)10-13(17)3)15-12-21-9-7-6-8-16(21)19(15)20(22)23/h6-12H,4-5H2,1-3H3,(H,22,23). The van der Waals surface area contributed by atoms with Crippen LogP contribution < -0.4 is 9.47 Å². The highest BCUT2D eigenvalue weighted by atomic mass is 16.5. The fourth-order valence-corrected chi connectivity index (χ4v) is 3.01. The van der Waals surface area contributed by atoms with Crippen molar-refractivity contribution in [2.45, 2.75) is 20.8 Å². The molecule has 25 heavy (non-hydrogen) atoms. The van der Waals surface area contributed by atoms with Crippen LogP contribution in [0.1, 0.15) is 29.8 Å². The van der Waals surface area contributed by atoms with Crippen LogP contribution in [0.25, 0.3) is 16.6 Å². The van der Waals surface area contributed by atoms with Crippen molar-refractivity contribution in [2.24, 2.45) is 0 Å². The van der Waals surface area contributed by atoms with E-state index >= 15 is 0 Å². The van der Waals surface area contributed by atoms with Crippen LogP contribution in [-0.2, 0) is 0 Å². The zero-order valence-electron chi connectivity index (χ0n) is 14.6. The molecule has 2 heterocycles. The SMILES string of the molecule is CCOc1cc(-c2cn3ccccc3c2C(=O)O)c(OCC)cc1C. The van der Waals surface area contributed by atoms with Gasteiger partial charge >= 0.3 is 5.97 Å². The van der Waals surface area contributed by atoms with Gasteiger partial charge in [0.2, 0.25) is 0 Å². The Hall–Kier alpha value is -2.95. The first-order chi connectivity index (χ1) is 12.1. The lowest BCUT2D eigenvalue weighted by Gasteiger charge is -2.15. The van der Waals surface area contributed by atoms with Gasteiger partial charge in [0.1, 0.15) is 11.5 Å². The first kappa shape index (κ1) is 16.9. The number of hydrogen-bond donors (Lipinski definition) is 1. The van der Waals surface area contributed by atoms with Crippen molar-refractivity contribution in [1.29, 1.82) is 0 Å². The third-order valence-electron chi connectivity index (χ3n) is 4.06. The number of pyridine rings is 1. The van der Waals surface area contributed by atoms with E-state index in [4.69, 9.17) is 9.47 Å². The number of carboxylic acid groups (broad SMARTS) is 1. The topological polar surface area (TPSA) is 60.2 Å². The Labute approximate surface area is 146 Å². The Morgan fingerprint density at radius 3 is 2.48 bits per heavy atom. The average Bonchev–Trinajstić information content (AvgIpc) is 2.97. The highest BCUT2D eigenvalue weighted by Gasteiger charge is 2.22. The van der Waals surface area contributed by atoms with Crippen LogP contribution in [0.4, 0.5) is 0 Å². The van der Waals surface area contributed by atoms with Gasteiger partial charge in [0.25, 0.3) is 0 Å². The van der Waals surface area contributed by atoms with E-state index in [1.165, 1.54) is 0 Å². The molecule has 1 aromatic carbocycles. The number of carbonyl (C=O) groups is 1. The third kappa shape index (κ3) is 3.05. The van der Waals surface area contributed by atoms with Gasteiger partial charge in [-0.25, -0.2) is 4.79 Å². The molecule has 0 saturated heterocycles. The minimum atomic E-state index is -0.968. The number of nitrogens with zero attached hydrogens (tertiary/aromatic N) is 1. The quantitative estimate of drug-likeness (QED) is 0.722. The first-order valence-electron chi connectivity index (χ1n) is 8.30. The summed E-state index contributed by atoms with van der Waals surface area (Å²) in [5.74, 6) is 0.416. The Morgan fingerprint density at radius 2 is 1.80 bits per heavy atom. The van der Waals surface area contributed by atoms with E-state index in [9.17, 15) is 9.90 Å². The van der Waals surface area contributed by atoms with Crippen LogP contribution in [-0.4, -0.2) is 28.7 Å². The van der Waals surface area contributed by atoms with Crippen molar-refractivity contribution in [1.82, 2.24) is 4.40 Å². The molecule has 0 aliphatic rings. The molecule has 0 amide bonds. The lowest BCUT2D eigenvalue weighted by atomic mass is 10.00. The molecule has 0 radical (unpaired) electrons. The Bertz CT molecular complexity index is 927. The second-order valence-corrected chi connectivity index (χ2v) is 5.70. The van der Waals surface area contributed by atoms with Gasteiger partial charge in [-0.2, -0.15) is 0 Å². The van der Waals surface area contributed by atoms with Crippen molar-refractivity contribution in [3.8, 4) is 22.6 Å². The maximum atomic E-state index is 11.9. The molecule has 0 fully saturated rings. The van der Waals surface area contributed by atoms with E-state index in [1.807, 2.05) is 61.8 Å². The lowest BCUT2D eigenvalue weighted by Crippen LogP contribution is -2.01. The number of ether oxygens (including phenoxy) is 2. The summed E-state index contributed by atoms with van der Waals surface area (Å²) in [6.07, 6.45) is 3.66. The highest BCUT2D eigenvalue weighted by molar-refractivity contribution is 6.04. The number of aryl methyl sites for hydroxylation is 1. The Balaban J connectivity index is 2.31. The number of fused-ring (bicyclic) bond motifs is 1. The van der Waals surface area contributed by atoms with Crippen molar-refractivity contribution < 1.29 is 19.4 Å². The summed E-state index contributed by atoms with van der Waals surface area (Å²) in [6, 6.07) is 9.26. The molecule has 3 rings (SSSR count). The number of aromatic carboxylic acids is 1. The molecule has 0 atom stereocenters. The number of aromatic nitrogens is 1. The molecule has 130 valence electrons. The summed E-state index contributed by atoms with van der Waals surface area (Å²) in [5, 5.41) is 9.78. The zero-order valence-corrected chi connectivity index (χ0v) is 14.6. The summed E-state index contributed by atoms with van der Waals surface area (Å²) in [7, 11) is 0. The number of rotatable bonds is 6. The van der Waals surface area contributed by atoms with E-state index in [0.29, 0.717) is 30.0 Å². The van der Waals surface area contributed by atoms with Crippen LogP contribution in [0.15, 0.2) is 42.7 Å². The molecule has 0 spiro atoms. The maximum Gasteiger partial charge on any atom is 0.338 e. The number of hydrogen-bond acceptors (Lipinski definition) is 3. The predicted octanol–water partition coefficient (Wildman–Crippen LogP) is 4.41. The molecule has 5 nitrogen and oxygen atoms in total. The summed E-state index contributed by atoms with van der Waals surface area (Å²) < 4.78 is 13.3. The molecular weight excluding hydrogens is 318 g/mol. The molecule has 0 bridgehead atoms. The normalized spacial score (nSPS) is 10.8. The van der Waals surface area contributed by atoms with Gasteiger partial charge < -0.3 is 19.0 Å². The number of carboxylic acids is 1. The van der Waals surface area contributed by atoms with Gasteiger partial charge in [0.15, 0.2) is 0 Å². The van der Waals surface area contributed by atoms with Gasteiger partial charge in [0, 0.05) is 23.5 Å². The molecule has 2 aromatic heterocycles. The molecule has 1 N–H and O–H groups in total. The molecule has 0 saturated carbocycles. The summed E-state index contributed by atoms with van der Waals surface area (Å²) >= 11 is 0. The Kier molecular flexibility index (Phi) is 4.65. The number of benzene rings is 1. The van der Waals surface area contributed by atoms with Crippen LogP contribution in [0.3, 0.4) is 0 Å². The highest BCUT2D eigenvalue weighted by Crippen LogP contribution is 2.39. The molecule has 0 aliphatic heterocycles. The van der Waals surface area contributed by atoms with Gasteiger partial charge in [-0.1, -0.05) is 6.07 Å². The second-order valence-electron chi connectivity index (χ2n) is 5.70. The minimum absolute atomic E-state index is 0.257. The summed E-state index contributed by atoms with van der Waals surface area (Å²) in [4.78, 5) is 11.9. The van der Waals surface area contributed by atoms with E-state index in [1.54, 1.807) is 6.07 Å². The fourth-order valence-electron chi connectivity index (χ4n) is 3.01. The molecule has 3 aromatic rings. The van der Waals surface area contributed by atoms with E-state index < -0.39 is 5.97 Å². The summed E-state index contributed by atoms with van der Waals surface area (Å²) in [6.45, 7) is 6.81. The molecular formula is C20H21NO4. The largest absolute Gasteiger partial charge is 0.494 e. The average molecular weight is 339 g/mol. The zero-order chi connectivity index (χ0) is 18.0. The van der Waals surface area contributed by atoms with Crippen LogP contribution >= 0.6 is 0 Å². The van der Waals surface area contributed by atoms with Gasteiger partial charge in [-0.05, 0) is 50.6 Å². The molecule has 5 heteroatoms. The third-order valence-corrected chi connectivity index (χ3v) is 4.06. The van der Waals surface area contributed by atoms with E-state index in [0.717, 1.165) is 16.9 Å². The van der Waals surface area contributed by atoms with Crippen molar-refractivity contribution >= 4 is 11.5 Å². The molecule has 0 aliphatic carbocycles. The smallest absolute Gasteiger partial charge is 0.338 e. The van der Waals surface area contributed by atoms with Gasteiger partial charge in [0.05, 0.1) is 24.3 Å². The van der Waals surface area contributed by atoms with E-state index in [-0.39, 0.29) is 5.56 Å². The molecule has 0 unspecified atom stereocenters. The monoisotopic (exact) mass is 339 g/mol. The van der Waals surface area contributed by atoms with Crippen LogP contribution in [0.2, 0.25) is 0 Å². The van der Waals surface area contributed by atoms with E-state index in [2.05, 4.69) is 0 Å². The second kappa shape index (κ2) is 6.89. The Morgan fingerprint density at radius 1 is 1.08 bits per heavy atom. The lowest BCUT2D eigenvalue weighted by molar-refractivity contribution is 0.0700. The minimum Gasteiger partial charge on any atom is -0.494 e. The predicted molar refractivity (Wildman–Crippen MR) is 96.9 cm³/mol. The van der Waals surface area contributed by atoms with Crippen molar-refractivity contribution in [3.63, 3.8) is 0 Å². The van der Waals surface area contributed by atoms with Gasteiger partial charge in [-0.3, -0.25) is 0 Å². The van der Waals surface area contributed by atoms with Gasteiger partial charge in [-0.15, -0.1) is 0 Å². The maximum absolute atomic E-state index is 11.9.